The summed E-state index contributed by atoms with van der Waals surface area (Å²) in [5.41, 5.74) is 9.42. The van der Waals surface area contributed by atoms with Crippen LogP contribution in [0.4, 0.5) is 11.4 Å². The third-order valence-corrected chi connectivity index (χ3v) is 3.78. The Hall–Kier alpha value is -2.49. The largest absolute Gasteiger partial charge is 0.383 e. The summed E-state index contributed by atoms with van der Waals surface area (Å²) in [6, 6.07) is 15.9. The lowest BCUT2D eigenvalue weighted by atomic mass is 10.1. The van der Waals surface area contributed by atoms with Gasteiger partial charge in [0.15, 0.2) is 0 Å². The molecule has 4 nitrogen and oxygen atoms in total. The van der Waals surface area contributed by atoms with Gasteiger partial charge in [0.25, 0.3) is 0 Å². The standard InChI is InChI=1S/C17H19N3O/c18-17(21)14-8-6-13(7-9-14)12-20-11-3-10-19-15-4-1-2-5-16(15)20/h1-2,4-9,19H,3,10-12H2,(H2,18,21). The van der Waals surface area contributed by atoms with E-state index in [1.807, 2.05) is 12.1 Å². The van der Waals surface area contributed by atoms with Crippen molar-refractivity contribution >= 4 is 17.3 Å². The minimum absolute atomic E-state index is 0.383. The first-order chi connectivity index (χ1) is 10.2. The number of carbonyl (C=O) groups excluding carboxylic acids is 1. The Morgan fingerprint density at radius 3 is 2.67 bits per heavy atom. The number of hydrogen-bond donors (Lipinski definition) is 2. The van der Waals surface area contributed by atoms with Crippen LogP contribution in [0.25, 0.3) is 0 Å². The molecule has 1 aliphatic heterocycles. The van der Waals surface area contributed by atoms with Gasteiger partial charge >= 0.3 is 0 Å². The number of anilines is 2. The average molecular weight is 281 g/mol. The second-order valence-corrected chi connectivity index (χ2v) is 5.28. The van der Waals surface area contributed by atoms with Crippen LogP contribution < -0.4 is 16.0 Å². The van der Waals surface area contributed by atoms with Gasteiger partial charge in [0, 0.05) is 25.2 Å². The van der Waals surface area contributed by atoms with E-state index in [0.29, 0.717) is 5.56 Å². The Kier molecular flexibility index (Phi) is 3.77. The molecule has 0 bridgehead atoms. The highest BCUT2D eigenvalue weighted by molar-refractivity contribution is 5.92. The molecule has 0 fully saturated rings. The number of carbonyl (C=O) groups is 1. The molecule has 3 N–H and O–H groups in total. The molecule has 0 atom stereocenters. The zero-order valence-electron chi connectivity index (χ0n) is 11.9. The third kappa shape index (κ3) is 2.99. The van der Waals surface area contributed by atoms with Crippen molar-refractivity contribution < 1.29 is 4.79 Å². The topological polar surface area (TPSA) is 58.4 Å². The third-order valence-electron chi connectivity index (χ3n) is 3.78. The fourth-order valence-corrected chi connectivity index (χ4v) is 2.67. The SMILES string of the molecule is NC(=O)c1ccc(CN2CCCNc3ccccc32)cc1. The summed E-state index contributed by atoms with van der Waals surface area (Å²) >= 11 is 0. The van der Waals surface area contributed by atoms with Crippen molar-refractivity contribution in [2.24, 2.45) is 5.73 Å². The van der Waals surface area contributed by atoms with Crippen molar-refractivity contribution in [1.82, 2.24) is 0 Å². The minimum Gasteiger partial charge on any atom is -0.383 e. The summed E-state index contributed by atoms with van der Waals surface area (Å²) in [4.78, 5) is 13.5. The predicted molar refractivity (Wildman–Crippen MR) is 85.6 cm³/mol. The highest BCUT2D eigenvalue weighted by Crippen LogP contribution is 2.29. The molecule has 21 heavy (non-hydrogen) atoms. The maximum absolute atomic E-state index is 11.1. The van der Waals surface area contributed by atoms with Gasteiger partial charge in [-0.1, -0.05) is 24.3 Å². The Morgan fingerprint density at radius 1 is 1.14 bits per heavy atom. The van der Waals surface area contributed by atoms with Crippen LogP contribution in [0.1, 0.15) is 22.3 Å². The van der Waals surface area contributed by atoms with Gasteiger partial charge in [0.2, 0.25) is 5.91 Å². The molecule has 0 saturated heterocycles. The second kappa shape index (κ2) is 5.87. The van der Waals surface area contributed by atoms with E-state index in [4.69, 9.17) is 5.73 Å². The molecule has 0 aromatic heterocycles. The van der Waals surface area contributed by atoms with Gasteiger partial charge in [0.05, 0.1) is 11.4 Å². The normalized spacial score (nSPS) is 14.0. The van der Waals surface area contributed by atoms with E-state index >= 15 is 0 Å². The first-order valence-corrected chi connectivity index (χ1v) is 7.20. The van der Waals surface area contributed by atoms with Gasteiger partial charge in [-0.25, -0.2) is 0 Å². The van der Waals surface area contributed by atoms with Gasteiger partial charge < -0.3 is 16.0 Å². The molecule has 0 aliphatic carbocycles. The fourth-order valence-electron chi connectivity index (χ4n) is 2.67. The maximum Gasteiger partial charge on any atom is 0.248 e. The van der Waals surface area contributed by atoms with E-state index < -0.39 is 0 Å². The number of benzene rings is 2. The van der Waals surface area contributed by atoms with Gasteiger partial charge in [-0.15, -0.1) is 0 Å². The highest BCUT2D eigenvalue weighted by atomic mass is 16.1. The van der Waals surface area contributed by atoms with Crippen LogP contribution >= 0.6 is 0 Å². The molecule has 0 spiro atoms. The first-order valence-electron chi connectivity index (χ1n) is 7.20. The molecule has 0 radical (unpaired) electrons. The molecule has 1 amide bonds. The zero-order valence-corrected chi connectivity index (χ0v) is 11.9. The molecular formula is C17H19N3O. The lowest BCUT2D eigenvalue weighted by molar-refractivity contribution is 0.100. The van der Waals surface area contributed by atoms with Crippen molar-refractivity contribution in [2.45, 2.75) is 13.0 Å². The van der Waals surface area contributed by atoms with Gasteiger partial charge in [-0.05, 0) is 36.2 Å². The number of amides is 1. The van der Waals surface area contributed by atoms with Gasteiger partial charge in [-0.2, -0.15) is 0 Å². The lowest BCUT2D eigenvalue weighted by Crippen LogP contribution is -2.23. The van der Waals surface area contributed by atoms with Crippen LogP contribution in [-0.2, 0) is 6.54 Å². The zero-order chi connectivity index (χ0) is 14.7. The Balaban J connectivity index is 1.82. The molecule has 1 aliphatic rings. The number of nitrogens with two attached hydrogens (primary N) is 1. The van der Waals surface area contributed by atoms with Crippen LogP contribution in [0.15, 0.2) is 48.5 Å². The fraction of sp³-hybridized carbons (Fsp3) is 0.235. The van der Waals surface area contributed by atoms with Crippen molar-refractivity contribution in [3.05, 3.63) is 59.7 Å². The first kappa shape index (κ1) is 13.5. The predicted octanol–water partition coefficient (Wildman–Crippen LogP) is 2.61. The Bertz CT molecular complexity index is 637. The van der Waals surface area contributed by atoms with Gasteiger partial charge in [-0.3, -0.25) is 4.79 Å². The summed E-state index contributed by atoms with van der Waals surface area (Å²) in [7, 11) is 0. The molecule has 0 saturated carbocycles. The van der Waals surface area contributed by atoms with Crippen LogP contribution in [-0.4, -0.2) is 19.0 Å². The van der Waals surface area contributed by atoms with E-state index in [0.717, 1.165) is 26.1 Å². The molecule has 3 rings (SSSR count). The van der Waals surface area contributed by atoms with E-state index in [9.17, 15) is 4.79 Å². The van der Waals surface area contributed by atoms with Crippen molar-refractivity contribution in [2.75, 3.05) is 23.3 Å². The van der Waals surface area contributed by atoms with Gasteiger partial charge in [0.1, 0.15) is 0 Å². The minimum atomic E-state index is -0.383. The molecule has 0 unspecified atom stereocenters. The number of primary amides is 1. The number of rotatable bonds is 3. The van der Waals surface area contributed by atoms with Crippen molar-refractivity contribution in [1.29, 1.82) is 0 Å². The van der Waals surface area contributed by atoms with Crippen LogP contribution in [0.5, 0.6) is 0 Å². The molecule has 2 aromatic rings. The van der Waals surface area contributed by atoms with Crippen molar-refractivity contribution in [3.63, 3.8) is 0 Å². The van der Waals surface area contributed by atoms with E-state index in [1.54, 1.807) is 12.1 Å². The lowest BCUT2D eigenvalue weighted by Gasteiger charge is -2.24. The monoisotopic (exact) mass is 281 g/mol. The number of fused-ring (bicyclic) bond motifs is 1. The molecule has 1 heterocycles. The number of nitrogens with one attached hydrogen (secondary N) is 1. The number of para-hydroxylation sites is 2. The van der Waals surface area contributed by atoms with E-state index in [1.165, 1.54) is 16.9 Å². The van der Waals surface area contributed by atoms with E-state index in [2.05, 4.69) is 34.5 Å². The summed E-state index contributed by atoms with van der Waals surface area (Å²) < 4.78 is 0. The average Bonchev–Trinajstić information content (AvgIpc) is 2.71. The second-order valence-electron chi connectivity index (χ2n) is 5.28. The number of nitrogens with zero attached hydrogens (tertiary/aromatic N) is 1. The number of hydrogen-bond acceptors (Lipinski definition) is 3. The van der Waals surface area contributed by atoms with E-state index in [-0.39, 0.29) is 5.91 Å². The quantitative estimate of drug-likeness (QED) is 0.909. The maximum atomic E-state index is 11.1. The summed E-state index contributed by atoms with van der Waals surface area (Å²) in [6.45, 7) is 2.84. The summed E-state index contributed by atoms with van der Waals surface area (Å²) in [6.07, 6.45) is 1.11. The molecule has 108 valence electrons. The molecule has 2 aromatic carbocycles. The van der Waals surface area contributed by atoms with Crippen LogP contribution in [0.2, 0.25) is 0 Å². The molecule has 4 heteroatoms. The van der Waals surface area contributed by atoms with Crippen LogP contribution in [0.3, 0.4) is 0 Å². The highest BCUT2D eigenvalue weighted by Gasteiger charge is 2.14. The summed E-state index contributed by atoms with van der Waals surface area (Å²) in [5.74, 6) is -0.383. The summed E-state index contributed by atoms with van der Waals surface area (Å²) in [5, 5.41) is 3.46. The Labute approximate surface area is 124 Å². The Morgan fingerprint density at radius 2 is 1.90 bits per heavy atom. The van der Waals surface area contributed by atoms with Crippen molar-refractivity contribution in [3.8, 4) is 0 Å². The molecular weight excluding hydrogens is 262 g/mol. The smallest absolute Gasteiger partial charge is 0.248 e. The van der Waals surface area contributed by atoms with Crippen LogP contribution in [0, 0.1) is 0 Å².